The number of hydrogen-bond donors (Lipinski definition) is 1. The van der Waals surface area contributed by atoms with E-state index in [0.29, 0.717) is 17.7 Å². The number of amides is 1. The number of nitriles is 1. The van der Waals surface area contributed by atoms with Gasteiger partial charge in [-0.1, -0.05) is 13.0 Å². The van der Waals surface area contributed by atoms with Crippen molar-refractivity contribution < 1.29 is 4.79 Å². The Morgan fingerprint density at radius 1 is 1.53 bits per heavy atom. The molecule has 0 aliphatic heterocycles. The zero-order valence-electron chi connectivity index (χ0n) is 10.2. The van der Waals surface area contributed by atoms with Crippen LogP contribution in [0.4, 0.5) is 0 Å². The lowest BCUT2D eigenvalue weighted by Crippen LogP contribution is -2.32. The van der Waals surface area contributed by atoms with Gasteiger partial charge in [-0.25, -0.2) is 0 Å². The number of nitrogens with zero attached hydrogens (tertiary/aromatic N) is 2. The highest BCUT2D eigenvalue weighted by Crippen LogP contribution is 2.03. The maximum Gasteiger partial charge on any atom is 0.251 e. The molecule has 90 valence electrons. The quantitative estimate of drug-likeness (QED) is 0.829. The molecule has 0 saturated carbocycles. The van der Waals surface area contributed by atoms with E-state index in [1.165, 1.54) is 0 Å². The van der Waals surface area contributed by atoms with Gasteiger partial charge in [0, 0.05) is 18.7 Å². The highest BCUT2D eigenvalue weighted by Gasteiger charge is 2.05. The van der Waals surface area contributed by atoms with Gasteiger partial charge in [0.2, 0.25) is 0 Å². The number of likely N-dealkylation sites (N-methyl/N-ethyl adjacent to an activating group) is 1. The molecule has 0 fully saturated rings. The molecule has 1 aromatic carbocycles. The van der Waals surface area contributed by atoms with Crippen molar-refractivity contribution in [1.82, 2.24) is 10.2 Å². The molecule has 1 rings (SSSR count). The van der Waals surface area contributed by atoms with Crippen molar-refractivity contribution in [2.24, 2.45) is 0 Å². The average Bonchev–Trinajstić information content (AvgIpc) is 2.38. The van der Waals surface area contributed by atoms with Crippen molar-refractivity contribution in [2.45, 2.75) is 6.92 Å². The third-order valence-corrected chi connectivity index (χ3v) is 2.57. The van der Waals surface area contributed by atoms with Crippen molar-refractivity contribution in [3.05, 3.63) is 35.4 Å². The summed E-state index contributed by atoms with van der Waals surface area (Å²) in [6.07, 6.45) is 0. The SMILES string of the molecule is CCN(C)CCNC(=O)c1cccc(C#N)c1. The van der Waals surface area contributed by atoms with Crippen LogP contribution in [0.3, 0.4) is 0 Å². The topological polar surface area (TPSA) is 56.1 Å². The van der Waals surface area contributed by atoms with Crippen LogP contribution < -0.4 is 5.32 Å². The van der Waals surface area contributed by atoms with E-state index < -0.39 is 0 Å². The van der Waals surface area contributed by atoms with Gasteiger partial charge in [0.25, 0.3) is 5.91 Å². The van der Waals surface area contributed by atoms with E-state index in [1.54, 1.807) is 24.3 Å². The van der Waals surface area contributed by atoms with Gasteiger partial charge in [0.05, 0.1) is 11.6 Å². The normalized spacial score (nSPS) is 10.0. The number of rotatable bonds is 5. The number of carbonyl (C=O) groups is 1. The van der Waals surface area contributed by atoms with Gasteiger partial charge >= 0.3 is 0 Å². The predicted octanol–water partition coefficient (Wildman–Crippen LogP) is 1.24. The fourth-order valence-electron chi connectivity index (χ4n) is 1.35. The van der Waals surface area contributed by atoms with Crippen LogP contribution in [0.25, 0.3) is 0 Å². The molecule has 0 aromatic heterocycles. The molecule has 0 heterocycles. The molecule has 17 heavy (non-hydrogen) atoms. The second kappa shape index (κ2) is 6.66. The van der Waals surface area contributed by atoms with Crippen LogP contribution in [0.1, 0.15) is 22.8 Å². The Labute approximate surface area is 102 Å². The fraction of sp³-hybridized carbons (Fsp3) is 0.385. The molecule has 0 aliphatic rings. The summed E-state index contributed by atoms with van der Waals surface area (Å²) in [5.41, 5.74) is 1.03. The Bertz CT molecular complexity index is 423. The molecule has 0 unspecified atom stereocenters. The van der Waals surface area contributed by atoms with E-state index in [-0.39, 0.29) is 5.91 Å². The zero-order valence-corrected chi connectivity index (χ0v) is 10.2. The summed E-state index contributed by atoms with van der Waals surface area (Å²) in [7, 11) is 2.00. The van der Waals surface area contributed by atoms with Crippen LogP contribution in [-0.2, 0) is 0 Å². The molecular weight excluding hydrogens is 214 g/mol. The van der Waals surface area contributed by atoms with Crippen LogP contribution in [0.15, 0.2) is 24.3 Å². The first kappa shape index (κ1) is 13.2. The molecule has 1 N–H and O–H groups in total. The standard InChI is InChI=1S/C13H17N3O/c1-3-16(2)8-7-15-13(17)12-6-4-5-11(9-12)10-14/h4-6,9H,3,7-8H2,1-2H3,(H,15,17). The van der Waals surface area contributed by atoms with E-state index in [9.17, 15) is 4.79 Å². The maximum atomic E-state index is 11.7. The summed E-state index contributed by atoms with van der Waals surface area (Å²) in [6.45, 7) is 4.46. The summed E-state index contributed by atoms with van der Waals surface area (Å²) < 4.78 is 0. The summed E-state index contributed by atoms with van der Waals surface area (Å²) >= 11 is 0. The van der Waals surface area contributed by atoms with Crippen LogP contribution in [-0.4, -0.2) is 37.5 Å². The minimum absolute atomic E-state index is 0.133. The molecule has 0 atom stereocenters. The van der Waals surface area contributed by atoms with Crippen LogP contribution in [0, 0.1) is 11.3 Å². The lowest BCUT2D eigenvalue weighted by atomic mass is 10.1. The van der Waals surface area contributed by atoms with E-state index >= 15 is 0 Å². The van der Waals surface area contributed by atoms with Gasteiger partial charge in [-0.3, -0.25) is 4.79 Å². The molecule has 1 amide bonds. The third kappa shape index (κ3) is 4.25. The molecular formula is C13H17N3O. The summed E-state index contributed by atoms with van der Waals surface area (Å²) in [5.74, 6) is -0.133. The predicted molar refractivity (Wildman–Crippen MR) is 66.7 cm³/mol. The Kier molecular flexibility index (Phi) is 5.18. The molecule has 0 aliphatic carbocycles. The lowest BCUT2D eigenvalue weighted by molar-refractivity contribution is 0.0950. The fourth-order valence-corrected chi connectivity index (χ4v) is 1.35. The van der Waals surface area contributed by atoms with Crippen LogP contribution in [0.2, 0.25) is 0 Å². The van der Waals surface area contributed by atoms with Gasteiger partial charge in [-0.15, -0.1) is 0 Å². The van der Waals surface area contributed by atoms with Crippen LogP contribution >= 0.6 is 0 Å². The average molecular weight is 231 g/mol. The van der Waals surface area contributed by atoms with E-state index in [2.05, 4.69) is 17.1 Å². The number of carbonyl (C=O) groups excluding carboxylic acids is 1. The first-order chi connectivity index (χ1) is 8.17. The minimum Gasteiger partial charge on any atom is -0.351 e. The minimum atomic E-state index is -0.133. The Morgan fingerprint density at radius 2 is 2.29 bits per heavy atom. The number of benzene rings is 1. The van der Waals surface area contributed by atoms with E-state index in [1.807, 2.05) is 13.1 Å². The van der Waals surface area contributed by atoms with Gasteiger partial charge in [-0.2, -0.15) is 5.26 Å². The van der Waals surface area contributed by atoms with E-state index in [0.717, 1.165) is 13.1 Å². The Morgan fingerprint density at radius 3 is 2.94 bits per heavy atom. The molecule has 1 aromatic rings. The van der Waals surface area contributed by atoms with Crippen molar-refractivity contribution in [1.29, 1.82) is 5.26 Å². The smallest absolute Gasteiger partial charge is 0.251 e. The third-order valence-electron chi connectivity index (χ3n) is 2.57. The number of hydrogen-bond acceptors (Lipinski definition) is 3. The Balaban J connectivity index is 2.50. The molecule has 0 bridgehead atoms. The first-order valence-electron chi connectivity index (χ1n) is 5.64. The zero-order chi connectivity index (χ0) is 12.7. The van der Waals surface area contributed by atoms with Crippen molar-refractivity contribution in [3.63, 3.8) is 0 Å². The molecule has 0 spiro atoms. The molecule has 0 radical (unpaired) electrons. The monoisotopic (exact) mass is 231 g/mol. The molecule has 4 heteroatoms. The Hall–Kier alpha value is -1.86. The van der Waals surface area contributed by atoms with Crippen LogP contribution in [0.5, 0.6) is 0 Å². The van der Waals surface area contributed by atoms with Gasteiger partial charge in [0.15, 0.2) is 0 Å². The maximum absolute atomic E-state index is 11.7. The first-order valence-corrected chi connectivity index (χ1v) is 5.64. The number of nitrogens with one attached hydrogen (secondary N) is 1. The highest BCUT2D eigenvalue weighted by atomic mass is 16.1. The highest BCUT2D eigenvalue weighted by molar-refractivity contribution is 5.94. The van der Waals surface area contributed by atoms with Crippen molar-refractivity contribution in [2.75, 3.05) is 26.7 Å². The largest absolute Gasteiger partial charge is 0.351 e. The van der Waals surface area contributed by atoms with Gasteiger partial charge in [-0.05, 0) is 31.8 Å². The second-order valence-corrected chi connectivity index (χ2v) is 3.84. The molecule has 0 saturated heterocycles. The second-order valence-electron chi connectivity index (χ2n) is 3.84. The lowest BCUT2D eigenvalue weighted by Gasteiger charge is -2.13. The van der Waals surface area contributed by atoms with E-state index in [4.69, 9.17) is 5.26 Å². The summed E-state index contributed by atoms with van der Waals surface area (Å²) in [6, 6.07) is 8.72. The van der Waals surface area contributed by atoms with Crippen molar-refractivity contribution in [3.8, 4) is 6.07 Å². The summed E-state index contributed by atoms with van der Waals surface area (Å²) in [4.78, 5) is 13.9. The molecule has 4 nitrogen and oxygen atoms in total. The van der Waals surface area contributed by atoms with Crippen molar-refractivity contribution >= 4 is 5.91 Å². The van der Waals surface area contributed by atoms with Gasteiger partial charge in [0.1, 0.15) is 0 Å². The van der Waals surface area contributed by atoms with Gasteiger partial charge < -0.3 is 10.2 Å². The summed E-state index contributed by atoms with van der Waals surface area (Å²) in [5, 5.41) is 11.6.